The lowest BCUT2D eigenvalue weighted by atomic mass is 10.1. The van der Waals surface area contributed by atoms with Gasteiger partial charge in [-0.25, -0.2) is 0 Å². The maximum absolute atomic E-state index is 12.2. The second kappa shape index (κ2) is 7.69. The fourth-order valence-corrected chi connectivity index (χ4v) is 2.36. The van der Waals surface area contributed by atoms with E-state index >= 15 is 0 Å². The molecule has 0 heterocycles. The molecule has 0 spiro atoms. The average Bonchev–Trinajstić information content (AvgIpc) is 2.55. The molecule has 0 atom stereocenters. The molecule has 0 aliphatic heterocycles. The first-order valence-electron chi connectivity index (χ1n) is 6.46. The van der Waals surface area contributed by atoms with E-state index in [2.05, 4.69) is 5.32 Å². The van der Waals surface area contributed by atoms with Gasteiger partial charge in [0.2, 0.25) is 0 Å². The largest absolute Gasteiger partial charge is 0.320 e. The molecular formula is C17H13ClN2OS. The number of rotatable bonds is 4. The number of nitrogens with zero attached hydrogens (tertiary/aromatic N) is 1. The zero-order valence-electron chi connectivity index (χ0n) is 11.8. The number of hydrogen-bond donors (Lipinski definition) is 1. The molecule has 110 valence electrons. The van der Waals surface area contributed by atoms with E-state index in [4.69, 9.17) is 11.6 Å². The molecule has 0 radical (unpaired) electrons. The van der Waals surface area contributed by atoms with Gasteiger partial charge in [-0.05, 0) is 42.2 Å². The number of halogens is 1. The molecule has 0 bridgehead atoms. The van der Waals surface area contributed by atoms with Gasteiger partial charge < -0.3 is 5.32 Å². The summed E-state index contributed by atoms with van der Waals surface area (Å²) >= 11 is 7.62. The molecule has 0 unspecified atom stereocenters. The van der Waals surface area contributed by atoms with E-state index in [-0.39, 0.29) is 5.57 Å². The fourth-order valence-electron chi connectivity index (χ4n) is 1.77. The highest BCUT2D eigenvalue weighted by atomic mass is 35.5. The molecule has 1 N–H and O–H groups in total. The highest BCUT2D eigenvalue weighted by Gasteiger charge is 2.11. The zero-order valence-corrected chi connectivity index (χ0v) is 13.4. The summed E-state index contributed by atoms with van der Waals surface area (Å²) in [7, 11) is 0. The van der Waals surface area contributed by atoms with E-state index in [0.29, 0.717) is 10.7 Å². The van der Waals surface area contributed by atoms with Crippen molar-refractivity contribution in [3.05, 3.63) is 64.7 Å². The summed E-state index contributed by atoms with van der Waals surface area (Å²) in [4.78, 5) is 13.3. The summed E-state index contributed by atoms with van der Waals surface area (Å²) < 4.78 is 0. The predicted octanol–water partition coefficient (Wildman–Crippen LogP) is 4.61. The van der Waals surface area contributed by atoms with Crippen molar-refractivity contribution < 1.29 is 4.79 Å². The molecule has 0 aliphatic carbocycles. The van der Waals surface area contributed by atoms with E-state index in [0.717, 1.165) is 10.5 Å². The van der Waals surface area contributed by atoms with Crippen LogP contribution >= 0.6 is 23.4 Å². The number of benzene rings is 2. The predicted molar refractivity (Wildman–Crippen MR) is 91.9 cm³/mol. The fraction of sp³-hybridized carbons (Fsp3) is 0.0588. The lowest BCUT2D eigenvalue weighted by Gasteiger charge is -2.06. The maximum atomic E-state index is 12.2. The van der Waals surface area contributed by atoms with E-state index in [9.17, 15) is 10.1 Å². The monoisotopic (exact) mass is 328 g/mol. The van der Waals surface area contributed by atoms with Crippen LogP contribution in [0.4, 0.5) is 5.69 Å². The van der Waals surface area contributed by atoms with Gasteiger partial charge in [0.05, 0.1) is 10.7 Å². The molecule has 1 amide bonds. The van der Waals surface area contributed by atoms with Crippen LogP contribution in [-0.2, 0) is 4.79 Å². The molecule has 5 heteroatoms. The van der Waals surface area contributed by atoms with Gasteiger partial charge in [0.1, 0.15) is 11.6 Å². The van der Waals surface area contributed by atoms with E-state index in [1.54, 1.807) is 42.1 Å². The normalized spacial score (nSPS) is 10.9. The highest BCUT2D eigenvalue weighted by molar-refractivity contribution is 7.98. The molecular weight excluding hydrogens is 316 g/mol. The third-order valence-electron chi connectivity index (χ3n) is 2.91. The van der Waals surface area contributed by atoms with Gasteiger partial charge in [-0.2, -0.15) is 5.26 Å². The molecule has 0 aliphatic rings. The number of carbonyl (C=O) groups is 1. The average molecular weight is 329 g/mol. The summed E-state index contributed by atoms with van der Waals surface area (Å²) in [5.41, 5.74) is 1.30. The van der Waals surface area contributed by atoms with Gasteiger partial charge in [-0.3, -0.25) is 4.79 Å². The van der Waals surface area contributed by atoms with Crippen molar-refractivity contribution >= 4 is 41.0 Å². The Kier molecular flexibility index (Phi) is 5.65. The first kappa shape index (κ1) is 16.2. The molecule has 3 nitrogen and oxygen atoms in total. The zero-order chi connectivity index (χ0) is 15.9. The van der Waals surface area contributed by atoms with Crippen LogP contribution in [0, 0.1) is 11.3 Å². The Bertz CT molecular complexity index is 748. The second-order valence-electron chi connectivity index (χ2n) is 4.38. The minimum atomic E-state index is -0.482. The topological polar surface area (TPSA) is 52.9 Å². The molecule has 0 saturated carbocycles. The Morgan fingerprint density at radius 1 is 1.23 bits per heavy atom. The van der Waals surface area contributed by atoms with Gasteiger partial charge in [0.15, 0.2) is 0 Å². The minimum absolute atomic E-state index is 0.0248. The van der Waals surface area contributed by atoms with E-state index < -0.39 is 5.91 Å². The summed E-state index contributed by atoms with van der Waals surface area (Å²) in [5.74, 6) is -0.482. The number of para-hydroxylation sites is 1. The summed E-state index contributed by atoms with van der Waals surface area (Å²) in [6.45, 7) is 0. The lowest BCUT2D eigenvalue weighted by molar-refractivity contribution is -0.112. The Balaban J connectivity index is 2.20. The number of nitrogens with one attached hydrogen (secondary N) is 1. The maximum Gasteiger partial charge on any atom is 0.266 e. The number of nitriles is 1. The summed E-state index contributed by atoms with van der Waals surface area (Å²) in [6.07, 6.45) is 3.54. The van der Waals surface area contributed by atoms with Crippen molar-refractivity contribution in [3.63, 3.8) is 0 Å². The van der Waals surface area contributed by atoms with Crippen molar-refractivity contribution in [2.45, 2.75) is 4.90 Å². The molecule has 0 saturated heterocycles. The molecule has 22 heavy (non-hydrogen) atoms. The van der Waals surface area contributed by atoms with Crippen molar-refractivity contribution in [1.82, 2.24) is 0 Å². The molecule has 0 aromatic heterocycles. The Morgan fingerprint density at radius 3 is 2.50 bits per heavy atom. The van der Waals surface area contributed by atoms with Crippen molar-refractivity contribution in [3.8, 4) is 6.07 Å². The van der Waals surface area contributed by atoms with Gasteiger partial charge >= 0.3 is 0 Å². The van der Waals surface area contributed by atoms with Crippen LogP contribution in [0.1, 0.15) is 5.56 Å². The number of thioether (sulfide) groups is 1. The Hall–Kier alpha value is -2.22. The molecule has 2 aromatic rings. The minimum Gasteiger partial charge on any atom is -0.320 e. The van der Waals surface area contributed by atoms with Crippen LogP contribution in [0.15, 0.2) is 59.0 Å². The first-order chi connectivity index (χ1) is 10.6. The smallest absolute Gasteiger partial charge is 0.266 e. The van der Waals surface area contributed by atoms with E-state index in [1.165, 1.54) is 0 Å². The van der Waals surface area contributed by atoms with Crippen LogP contribution < -0.4 is 5.32 Å². The second-order valence-corrected chi connectivity index (χ2v) is 5.66. The van der Waals surface area contributed by atoms with Crippen LogP contribution in [-0.4, -0.2) is 12.2 Å². The van der Waals surface area contributed by atoms with Gasteiger partial charge in [-0.15, -0.1) is 11.8 Å². The third kappa shape index (κ3) is 4.14. The van der Waals surface area contributed by atoms with Crippen LogP contribution in [0.5, 0.6) is 0 Å². The number of hydrogen-bond acceptors (Lipinski definition) is 3. The van der Waals surface area contributed by atoms with E-state index in [1.807, 2.05) is 36.6 Å². The molecule has 2 aromatic carbocycles. The summed E-state index contributed by atoms with van der Waals surface area (Å²) in [6, 6.07) is 16.4. The number of carbonyl (C=O) groups excluding carboxylic acids is 1. The van der Waals surface area contributed by atoms with Crippen molar-refractivity contribution in [1.29, 1.82) is 5.26 Å². The Morgan fingerprint density at radius 2 is 1.91 bits per heavy atom. The number of amides is 1. The van der Waals surface area contributed by atoms with Gasteiger partial charge in [0, 0.05) is 4.90 Å². The lowest BCUT2D eigenvalue weighted by Crippen LogP contribution is -2.13. The number of anilines is 1. The highest BCUT2D eigenvalue weighted by Crippen LogP contribution is 2.21. The van der Waals surface area contributed by atoms with Gasteiger partial charge in [0.25, 0.3) is 5.91 Å². The van der Waals surface area contributed by atoms with Crippen LogP contribution in [0.25, 0.3) is 6.08 Å². The standard InChI is InChI=1S/C17H13ClN2OS/c1-22-14-8-6-12(7-9-14)10-13(11-19)17(21)20-16-5-3-2-4-15(16)18/h2-10H,1H3,(H,20,21)/b13-10+. The van der Waals surface area contributed by atoms with Crippen LogP contribution in [0.2, 0.25) is 5.02 Å². The van der Waals surface area contributed by atoms with Crippen molar-refractivity contribution in [2.75, 3.05) is 11.6 Å². The van der Waals surface area contributed by atoms with Crippen molar-refractivity contribution in [2.24, 2.45) is 0 Å². The Labute approximate surface area is 138 Å². The SMILES string of the molecule is CSc1ccc(/C=C(\C#N)C(=O)Nc2ccccc2Cl)cc1. The molecule has 2 rings (SSSR count). The molecule has 0 fully saturated rings. The van der Waals surface area contributed by atoms with Crippen LogP contribution in [0.3, 0.4) is 0 Å². The quantitative estimate of drug-likeness (QED) is 0.506. The first-order valence-corrected chi connectivity index (χ1v) is 8.06. The third-order valence-corrected chi connectivity index (χ3v) is 3.99. The summed E-state index contributed by atoms with van der Waals surface area (Å²) in [5, 5.41) is 12.3. The van der Waals surface area contributed by atoms with Gasteiger partial charge in [-0.1, -0.05) is 35.9 Å².